The van der Waals surface area contributed by atoms with Crippen LogP contribution in [0.2, 0.25) is 5.02 Å². The van der Waals surface area contributed by atoms with E-state index in [0.29, 0.717) is 5.57 Å². The van der Waals surface area contributed by atoms with Crippen LogP contribution in [0.15, 0.2) is 29.8 Å². The van der Waals surface area contributed by atoms with Gasteiger partial charge in [-0.2, -0.15) is 0 Å². The third kappa shape index (κ3) is 4.06. The minimum Gasteiger partial charge on any atom is -0.488 e. The number of rotatable bonds is 5. The van der Waals surface area contributed by atoms with Gasteiger partial charge in [-0.3, -0.25) is 10.1 Å². The second-order valence-electron chi connectivity index (χ2n) is 3.49. The van der Waals surface area contributed by atoms with Gasteiger partial charge in [0.1, 0.15) is 12.4 Å². The van der Waals surface area contributed by atoms with Gasteiger partial charge in [0.25, 0.3) is 5.69 Å². The molecular formula is C11H10ClNO5. The molecule has 0 bridgehead atoms. The molecule has 7 heteroatoms. The normalized spacial score (nSPS) is 11.1. The van der Waals surface area contributed by atoms with Crippen molar-refractivity contribution in [3.8, 4) is 5.75 Å². The van der Waals surface area contributed by atoms with E-state index >= 15 is 0 Å². The molecule has 0 radical (unpaired) electrons. The highest BCUT2D eigenvalue weighted by Crippen LogP contribution is 2.28. The first-order valence-electron chi connectivity index (χ1n) is 4.87. The maximum atomic E-state index is 10.5. The number of nitro benzene ring substituents is 1. The minimum absolute atomic E-state index is 0.0455. The first-order chi connectivity index (χ1) is 8.40. The molecule has 0 amide bonds. The van der Waals surface area contributed by atoms with E-state index in [2.05, 4.69) is 0 Å². The van der Waals surface area contributed by atoms with Crippen LogP contribution < -0.4 is 4.74 Å². The van der Waals surface area contributed by atoms with Gasteiger partial charge in [0.2, 0.25) is 0 Å². The van der Waals surface area contributed by atoms with Gasteiger partial charge in [0.05, 0.1) is 9.95 Å². The van der Waals surface area contributed by atoms with Crippen molar-refractivity contribution in [2.24, 2.45) is 0 Å². The Hall–Kier alpha value is -2.08. The lowest BCUT2D eigenvalue weighted by Gasteiger charge is -2.07. The van der Waals surface area contributed by atoms with Gasteiger partial charge in [-0.1, -0.05) is 11.6 Å². The van der Waals surface area contributed by atoms with Crippen molar-refractivity contribution in [1.82, 2.24) is 0 Å². The smallest absolute Gasteiger partial charge is 0.328 e. The lowest BCUT2D eigenvalue weighted by molar-refractivity contribution is -0.384. The number of carboxylic acids is 1. The van der Waals surface area contributed by atoms with E-state index < -0.39 is 10.9 Å². The van der Waals surface area contributed by atoms with Crippen molar-refractivity contribution in [1.29, 1.82) is 0 Å². The quantitative estimate of drug-likeness (QED) is 0.505. The summed E-state index contributed by atoms with van der Waals surface area (Å²) in [5.74, 6) is -0.800. The van der Waals surface area contributed by atoms with Crippen LogP contribution in [0.5, 0.6) is 5.75 Å². The van der Waals surface area contributed by atoms with E-state index in [-0.39, 0.29) is 23.1 Å². The molecule has 0 saturated heterocycles. The van der Waals surface area contributed by atoms with E-state index in [9.17, 15) is 14.9 Å². The van der Waals surface area contributed by atoms with E-state index in [1.54, 1.807) is 6.92 Å². The van der Waals surface area contributed by atoms with E-state index in [0.717, 1.165) is 6.08 Å². The van der Waals surface area contributed by atoms with Gasteiger partial charge < -0.3 is 9.84 Å². The Morgan fingerprint density at radius 1 is 1.61 bits per heavy atom. The summed E-state index contributed by atoms with van der Waals surface area (Å²) in [4.78, 5) is 20.3. The molecule has 1 rings (SSSR count). The van der Waals surface area contributed by atoms with Crippen LogP contribution in [0.25, 0.3) is 0 Å². The number of aliphatic carboxylic acids is 1. The standard InChI is InChI=1S/C11H10ClNO5/c1-7(4-11(14)15)6-18-10-3-2-8(13(16)17)5-9(10)12/h2-5H,6H2,1H3,(H,14,15). The molecule has 0 aliphatic heterocycles. The predicted molar refractivity (Wildman–Crippen MR) is 65.0 cm³/mol. The van der Waals surface area contributed by atoms with Gasteiger partial charge in [-0.05, 0) is 18.6 Å². The highest BCUT2D eigenvalue weighted by Gasteiger charge is 2.10. The van der Waals surface area contributed by atoms with Gasteiger partial charge in [-0.15, -0.1) is 0 Å². The number of halogens is 1. The SMILES string of the molecule is CC(=CC(=O)O)COc1ccc([N+](=O)[O-])cc1Cl. The summed E-state index contributed by atoms with van der Waals surface area (Å²) >= 11 is 5.80. The summed E-state index contributed by atoms with van der Waals surface area (Å²) in [7, 11) is 0. The maximum Gasteiger partial charge on any atom is 0.328 e. The number of carbonyl (C=O) groups is 1. The van der Waals surface area contributed by atoms with Crippen LogP contribution in [-0.2, 0) is 4.79 Å². The molecule has 0 heterocycles. The van der Waals surface area contributed by atoms with E-state index in [1.165, 1.54) is 18.2 Å². The fraction of sp³-hybridized carbons (Fsp3) is 0.182. The monoisotopic (exact) mass is 271 g/mol. The van der Waals surface area contributed by atoms with Crippen LogP contribution >= 0.6 is 11.6 Å². The van der Waals surface area contributed by atoms with Crippen molar-refractivity contribution in [2.45, 2.75) is 6.92 Å². The van der Waals surface area contributed by atoms with Crippen molar-refractivity contribution >= 4 is 23.3 Å². The molecule has 0 aromatic heterocycles. The number of hydrogen-bond donors (Lipinski definition) is 1. The Morgan fingerprint density at radius 2 is 2.28 bits per heavy atom. The van der Waals surface area contributed by atoms with Crippen LogP contribution in [-0.4, -0.2) is 22.6 Å². The Kier molecular flexibility index (Phi) is 4.67. The molecule has 0 unspecified atom stereocenters. The largest absolute Gasteiger partial charge is 0.488 e. The van der Waals surface area contributed by atoms with Gasteiger partial charge in [0.15, 0.2) is 0 Å². The van der Waals surface area contributed by atoms with Crippen molar-refractivity contribution in [3.05, 3.63) is 45.0 Å². The number of non-ortho nitro benzene ring substituents is 1. The third-order valence-corrected chi connectivity index (χ3v) is 2.25. The zero-order valence-corrected chi connectivity index (χ0v) is 10.2. The highest BCUT2D eigenvalue weighted by atomic mass is 35.5. The third-order valence-electron chi connectivity index (χ3n) is 1.95. The van der Waals surface area contributed by atoms with Crippen LogP contribution in [0.4, 0.5) is 5.69 Å². The molecular weight excluding hydrogens is 262 g/mol. The fourth-order valence-electron chi connectivity index (χ4n) is 1.16. The predicted octanol–water partition coefficient (Wildman–Crippen LogP) is 2.66. The first kappa shape index (κ1) is 14.0. The summed E-state index contributed by atoms with van der Waals surface area (Å²) in [6, 6.07) is 3.80. The topological polar surface area (TPSA) is 89.7 Å². The number of hydrogen-bond acceptors (Lipinski definition) is 4. The Labute approximate surface area is 108 Å². The number of benzene rings is 1. The van der Waals surface area contributed by atoms with E-state index in [1.807, 2.05) is 0 Å². The number of nitro groups is 1. The van der Waals surface area contributed by atoms with Crippen molar-refractivity contribution in [3.63, 3.8) is 0 Å². The summed E-state index contributed by atoms with van der Waals surface area (Å²) in [5.41, 5.74) is 0.363. The molecule has 6 nitrogen and oxygen atoms in total. The molecule has 0 fully saturated rings. The molecule has 0 atom stereocenters. The zero-order valence-electron chi connectivity index (χ0n) is 9.42. The van der Waals surface area contributed by atoms with Gasteiger partial charge in [0, 0.05) is 18.2 Å². The second-order valence-corrected chi connectivity index (χ2v) is 3.90. The van der Waals surface area contributed by atoms with Crippen LogP contribution in [0, 0.1) is 10.1 Å². The molecule has 1 N–H and O–H groups in total. The molecule has 0 aliphatic rings. The second kappa shape index (κ2) is 6.02. The molecule has 0 spiro atoms. The van der Waals surface area contributed by atoms with Crippen LogP contribution in [0.1, 0.15) is 6.92 Å². The van der Waals surface area contributed by atoms with Crippen molar-refractivity contribution < 1.29 is 19.6 Å². The lowest BCUT2D eigenvalue weighted by atomic mass is 10.3. The van der Waals surface area contributed by atoms with Crippen molar-refractivity contribution in [2.75, 3.05) is 6.61 Å². The zero-order chi connectivity index (χ0) is 13.7. The van der Waals surface area contributed by atoms with E-state index in [4.69, 9.17) is 21.4 Å². The van der Waals surface area contributed by atoms with Gasteiger partial charge >= 0.3 is 5.97 Å². The highest BCUT2D eigenvalue weighted by molar-refractivity contribution is 6.32. The average Bonchev–Trinajstić information content (AvgIpc) is 2.26. The fourth-order valence-corrected chi connectivity index (χ4v) is 1.39. The van der Waals surface area contributed by atoms with Crippen LogP contribution in [0.3, 0.4) is 0 Å². The Bertz CT molecular complexity index is 512. The molecule has 1 aromatic rings. The Balaban J connectivity index is 2.75. The molecule has 0 aliphatic carbocycles. The number of nitrogens with zero attached hydrogens (tertiary/aromatic N) is 1. The summed E-state index contributed by atoms with van der Waals surface area (Å²) in [5, 5.41) is 19.1. The Morgan fingerprint density at radius 3 is 2.78 bits per heavy atom. The average molecular weight is 272 g/mol. The molecule has 0 saturated carbocycles. The minimum atomic E-state index is -1.06. The summed E-state index contributed by atoms with van der Waals surface area (Å²) < 4.78 is 5.25. The lowest BCUT2D eigenvalue weighted by Crippen LogP contribution is -2.02. The summed E-state index contributed by atoms with van der Waals surface area (Å²) in [6.45, 7) is 1.64. The molecule has 18 heavy (non-hydrogen) atoms. The number of carboxylic acid groups (broad SMARTS) is 1. The van der Waals surface area contributed by atoms with Gasteiger partial charge in [-0.25, -0.2) is 4.79 Å². The molecule has 96 valence electrons. The summed E-state index contributed by atoms with van der Waals surface area (Å²) in [6.07, 6.45) is 1.01. The maximum absolute atomic E-state index is 10.5. The molecule has 1 aromatic carbocycles. The number of ether oxygens (including phenoxy) is 1. The first-order valence-corrected chi connectivity index (χ1v) is 5.25.